The largest absolute Gasteiger partial charge is 0.444 e. The molecule has 1 heterocycles. The van der Waals surface area contributed by atoms with Crippen molar-refractivity contribution in [2.24, 2.45) is 0 Å². The quantitative estimate of drug-likeness (QED) is 0.482. The molecule has 2 N–H and O–H groups in total. The van der Waals surface area contributed by atoms with Crippen molar-refractivity contribution in [3.8, 4) is 0 Å². The first-order valence-corrected chi connectivity index (χ1v) is 8.82. The van der Waals surface area contributed by atoms with Crippen LogP contribution in [0.4, 0.5) is 4.79 Å². The van der Waals surface area contributed by atoms with Gasteiger partial charge in [0, 0.05) is 24.8 Å². The number of amides is 1. The molecule has 0 atom stereocenters. The minimum Gasteiger partial charge on any atom is -0.444 e. The van der Waals surface area contributed by atoms with Crippen LogP contribution in [0.1, 0.15) is 40.5 Å². The van der Waals surface area contributed by atoms with Gasteiger partial charge in [0.05, 0.1) is 3.58 Å². The highest BCUT2D eigenvalue weighted by atomic mass is 127. The van der Waals surface area contributed by atoms with Crippen LogP contribution in [0.3, 0.4) is 0 Å². The summed E-state index contributed by atoms with van der Waals surface area (Å²) >= 11 is 5.31. The highest BCUT2D eigenvalue weighted by Gasteiger charge is 2.26. The molecule has 1 fully saturated rings. The number of hydrogen-bond donors (Lipinski definition) is 2. The Kier molecular flexibility index (Phi) is 6.96. The maximum absolute atomic E-state index is 12.0. The summed E-state index contributed by atoms with van der Waals surface area (Å²) in [7, 11) is 0. The molecule has 7 heteroatoms. The zero-order chi connectivity index (χ0) is 16.2. The van der Waals surface area contributed by atoms with E-state index in [0.29, 0.717) is 23.8 Å². The number of rotatable bonds is 3. The van der Waals surface area contributed by atoms with E-state index in [0.717, 1.165) is 22.1 Å². The van der Waals surface area contributed by atoms with Crippen LogP contribution in [0.5, 0.6) is 0 Å². The molecule has 0 bridgehead atoms. The van der Waals surface area contributed by atoms with Crippen LogP contribution in [0.15, 0.2) is 9.28 Å². The molecular weight excluding hydrogens is 449 g/mol. The van der Waals surface area contributed by atoms with Crippen LogP contribution in [-0.2, 0) is 4.74 Å². The van der Waals surface area contributed by atoms with E-state index in [4.69, 9.17) is 10.1 Å². The molecule has 0 aromatic carbocycles. The molecule has 0 aliphatic carbocycles. The van der Waals surface area contributed by atoms with E-state index in [-0.39, 0.29) is 6.09 Å². The number of carbonyl (C=O) groups excluding carboxylic acids is 1. The molecule has 1 amide bonds. The van der Waals surface area contributed by atoms with Gasteiger partial charge < -0.3 is 15.0 Å². The van der Waals surface area contributed by atoms with Crippen LogP contribution < -0.4 is 5.32 Å². The Morgan fingerprint density at radius 1 is 1.38 bits per heavy atom. The third-order valence-electron chi connectivity index (χ3n) is 3.09. The van der Waals surface area contributed by atoms with Gasteiger partial charge in [-0.25, -0.2) is 4.79 Å². The van der Waals surface area contributed by atoms with Crippen LogP contribution in [-0.4, -0.2) is 40.3 Å². The minimum absolute atomic E-state index is 0.231. The van der Waals surface area contributed by atoms with E-state index in [1.54, 1.807) is 4.90 Å². The summed E-state index contributed by atoms with van der Waals surface area (Å²) in [6, 6.07) is 0.334. The second-order valence-corrected chi connectivity index (χ2v) is 8.01. The van der Waals surface area contributed by atoms with E-state index >= 15 is 0 Å². The normalized spacial score (nSPS) is 18.1. The number of piperidine rings is 1. The summed E-state index contributed by atoms with van der Waals surface area (Å²) in [6.07, 6.45) is 1.54. The van der Waals surface area contributed by atoms with Crippen LogP contribution in [0, 0.1) is 5.41 Å². The Morgan fingerprint density at radius 2 is 1.90 bits per heavy atom. The Morgan fingerprint density at radius 3 is 2.33 bits per heavy atom. The van der Waals surface area contributed by atoms with E-state index < -0.39 is 5.60 Å². The fourth-order valence-corrected chi connectivity index (χ4v) is 2.52. The lowest BCUT2D eigenvalue weighted by Gasteiger charge is -2.34. The molecule has 0 unspecified atom stereocenters. The number of likely N-dealkylation sites (tertiary alicyclic amines) is 1. The van der Waals surface area contributed by atoms with Gasteiger partial charge in [-0.05, 0) is 79.1 Å². The maximum atomic E-state index is 12.0. The second-order valence-electron chi connectivity index (χ2n) is 6.14. The van der Waals surface area contributed by atoms with Gasteiger partial charge in [-0.2, -0.15) is 0 Å². The highest BCUT2D eigenvalue weighted by molar-refractivity contribution is 14.1. The van der Waals surface area contributed by atoms with Crippen molar-refractivity contribution in [2.45, 2.75) is 52.2 Å². The lowest BCUT2D eigenvalue weighted by Crippen LogP contribution is -2.46. The smallest absolute Gasteiger partial charge is 0.410 e. The van der Waals surface area contributed by atoms with Crippen LogP contribution in [0.2, 0.25) is 0 Å². The van der Waals surface area contributed by atoms with E-state index in [1.165, 1.54) is 0 Å². The van der Waals surface area contributed by atoms with Crippen molar-refractivity contribution < 1.29 is 9.53 Å². The molecule has 1 aliphatic rings. The molecule has 0 aromatic heterocycles. The van der Waals surface area contributed by atoms with Crippen molar-refractivity contribution in [3.05, 3.63) is 9.28 Å². The highest BCUT2D eigenvalue weighted by Crippen LogP contribution is 2.19. The SMILES string of the molecule is C/C(NC1CCN(C(=O)OC(C)(C)C)CC1)=C(\I)C(=N)Br. The lowest BCUT2D eigenvalue weighted by molar-refractivity contribution is 0.0201. The molecule has 1 saturated heterocycles. The van der Waals surface area contributed by atoms with Crippen molar-refractivity contribution in [2.75, 3.05) is 13.1 Å². The molecule has 5 nitrogen and oxygen atoms in total. The zero-order valence-electron chi connectivity index (χ0n) is 12.9. The Hall–Kier alpha value is -0.310. The van der Waals surface area contributed by atoms with Gasteiger partial charge in [0.1, 0.15) is 10.2 Å². The molecule has 0 radical (unpaired) electrons. The summed E-state index contributed by atoms with van der Waals surface area (Å²) < 4.78 is 6.65. The summed E-state index contributed by atoms with van der Waals surface area (Å²) in [5.41, 5.74) is 0.547. The van der Waals surface area contributed by atoms with Gasteiger partial charge in [-0.3, -0.25) is 5.41 Å². The fourth-order valence-electron chi connectivity index (χ4n) is 2.07. The molecule has 0 aromatic rings. The fraction of sp³-hybridized carbons (Fsp3) is 0.714. The minimum atomic E-state index is -0.447. The number of hydrogen-bond acceptors (Lipinski definition) is 4. The van der Waals surface area contributed by atoms with Gasteiger partial charge in [-0.1, -0.05) is 0 Å². The van der Waals surface area contributed by atoms with Gasteiger partial charge >= 0.3 is 6.09 Å². The van der Waals surface area contributed by atoms with Crippen molar-refractivity contribution in [1.82, 2.24) is 10.2 Å². The maximum Gasteiger partial charge on any atom is 0.410 e. The number of halogens is 2. The predicted molar refractivity (Wildman–Crippen MR) is 97.3 cm³/mol. The molecule has 1 rings (SSSR count). The third-order valence-corrected chi connectivity index (χ3v) is 5.58. The Bertz CT molecular complexity index is 438. The number of nitrogens with one attached hydrogen (secondary N) is 2. The predicted octanol–water partition coefficient (Wildman–Crippen LogP) is 4.01. The summed E-state index contributed by atoms with van der Waals surface area (Å²) in [5, 5.41) is 11.0. The number of nitrogens with zero attached hydrogens (tertiary/aromatic N) is 1. The van der Waals surface area contributed by atoms with Gasteiger partial charge in [0.2, 0.25) is 0 Å². The van der Waals surface area contributed by atoms with Crippen LogP contribution >= 0.6 is 38.5 Å². The lowest BCUT2D eigenvalue weighted by atomic mass is 10.1. The molecule has 21 heavy (non-hydrogen) atoms. The topological polar surface area (TPSA) is 65.4 Å². The Labute approximate surface area is 148 Å². The van der Waals surface area contributed by atoms with E-state index in [9.17, 15) is 4.79 Å². The zero-order valence-corrected chi connectivity index (χ0v) is 16.7. The average Bonchev–Trinajstić information content (AvgIpc) is 2.36. The summed E-state index contributed by atoms with van der Waals surface area (Å²) in [4.78, 5) is 13.7. The first-order chi connectivity index (χ1) is 9.60. The number of allylic oxidation sites excluding steroid dienone is 2. The first kappa shape index (κ1) is 18.7. The summed E-state index contributed by atoms with van der Waals surface area (Å²) in [6.45, 7) is 9.00. The monoisotopic (exact) mass is 471 g/mol. The van der Waals surface area contributed by atoms with Crippen molar-refractivity contribution in [1.29, 1.82) is 5.41 Å². The van der Waals surface area contributed by atoms with Gasteiger partial charge in [0.25, 0.3) is 0 Å². The molecular formula is C14H23BrIN3O2. The Balaban J connectivity index is 2.48. The standard InChI is InChI=1S/C14H23BrIN3O2/c1-9(11(16)12(15)17)18-10-5-7-19(8-6-10)13(20)21-14(2,3)4/h10,17-18H,5-8H2,1-4H3/b11-9+,17-12?. The first-order valence-electron chi connectivity index (χ1n) is 6.95. The molecule has 1 aliphatic heterocycles. The molecule has 120 valence electrons. The second kappa shape index (κ2) is 7.80. The summed E-state index contributed by atoms with van der Waals surface area (Å²) in [5.74, 6) is 0. The van der Waals surface area contributed by atoms with Crippen LogP contribution in [0.25, 0.3) is 0 Å². The average molecular weight is 472 g/mol. The molecule has 0 spiro atoms. The van der Waals surface area contributed by atoms with Crippen molar-refractivity contribution in [3.63, 3.8) is 0 Å². The third kappa shape index (κ3) is 6.54. The van der Waals surface area contributed by atoms with Crippen molar-refractivity contribution >= 4 is 49.2 Å². The van der Waals surface area contributed by atoms with E-state index in [1.807, 2.05) is 27.7 Å². The van der Waals surface area contributed by atoms with E-state index in [2.05, 4.69) is 43.8 Å². The van der Waals surface area contributed by atoms with Gasteiger partial charge in [0.15, 0.2) is 0 Å². The number of carbonyl (C=O) groups is 1. The molecule has 0 saturated carbocycles. The van der Waals surface area contributed by atoms with Gasteiger partial charge in [-0.15, -0.1) is 0 Å². The number of ether oxygens (including phenoxy) is 1.